The third-order valence-electron chi connectivity index (χ3n) is 2.06. The van der Waals surface area contributed by atoms with Gasteiger partial charge in [-0.25, -0.2) is 4.98 Å². The molecule has 0 aromatic carbocycles. The maximum atomic E-state index is 4.41. The number of hydrogen-bond acceptors (Lipinski definition) is 1. The molecule has 2 heterocycles. The van der Waals surface area contributed by atoms with Crippen LogP contribution >= 0.6 is 15.9 Å². The Bertz CT molecular complexity index is 431. The van der Waals surface area contributed by atoms with Gasteiger partial charge in [0, 0.05) is 21.7 Å². The SMILES string of the molecule is Cc1cc2c(Br)c[nH]c2nc1C. The number of aromatic nitrogens is 2. The minimum absolute atomic E-state index is 0.949. The van der Waals surface area contributed by atoms with Crippen LogP contribution < -0.4 is 0 Å². The molecule has 0 spiro atoms. The summed E-state index contributed by atoms with van der Waals surface area (Å²) in [6.45, 7) is 4.09. The van der Waals surface area contributed by atoms with Gasteiger partial charge in [0.1, 0.15) is 5.65 Å². The van der Waals surface area contributed by atoms with Gasteiger partial charge in [-0.1, -0.05) is 0 Å². The predicted octanol–water partition coefficient (Wildman–Crippen LogP) is 2.94. The molecule has 0 aliphatic carbocycles. The lowest BCUT2D eigenvalue weighted by Gasteiger charge is -1.98. The van der Waals surface area contributed by atoms with E-state index in [4.69, 9.17) is 0 Å². The zero-order chi connectivity index (χ0) is 8.72. The van der Waals surface area contributed by atoms with Crippen molar-refractivity contribution in [2.75, 3.05) is 0 Å². The second kappa shape index (κ2) is 2.59. The van der Waals surface area contributed by atoms with Gasteiger partial charge >= 0.3 is 0 Å². The molecular formula is C9H9BrN2. The van der Waals surface area contributed by atoms with Crippen molar-refractivity contribution in [1.82, 2.24) is 9.97 Å². The molecule has 0 unspecified atom stereocenters. The molecular weight excluding hydrogens is 216 g/mol. The van der Waals surface area contributed by atoms with Crippen LogP contribution in [0.15, 0.2) is 16.7 Å². The third-order valence-corrected chi connectivity index (χ3v) is 2.72. The molecule has 0 aliphatic rings. The lowest BCUT2D eigenvalue weighted by molar-refractivity contribution is 1.17. The number of pyridine rings is 1. The van der Waals surface area contributed by atoms with E-state index in [0.717, 1.165) is 21.2 Å². The fourth-order valence-electron chi connectivity index (χ4n) is 1.21. The summed E-state index contributed by atoms with van der Waals surface area (Å²) in [5, 5.41) is 1.15. The van der Waals surface area contributed by atoms with E-state index >= 15 is 0 Å². The van der Waals surface area contributed by atoms with Gasteiger partial charge in [-0.2, -0.15) is 0 Å². The summed E-state index contributed by atoms with van der Waals surface area (Å²) in [6.07, 6.45) is 1.91. The van der Waals surface area contributed by atoms with Gasteiger partial charge in [0.05, 0.1) is 0 Å². The second-order valence-corrected chi connectivity index (χ2v) is 3.78. The molecule has 2 rings (SSSR count). The summed E-state index contributed by atoms with van der Waals surface area (Å²) in [7, 11) is 0. The van der Waals surface area contributed by atoms with E-state index in [1.54, 1.807) is 0 Å². The molecule has 2 aromatic heterocycles. The summed E-state index contributed by atoms with van der Waals surface area (Å²) in [5.74, 6) is 0. The first-order valence-corrected chi connectivity index (χ1v) is 4.58. The molecule has 0 atom stereocenters. The minimum Gasteiger partial charge on any atom is -0.345 e. The van der Waals surface area contributed by atoms with Gasteiger partial charge in [-0.05, 0) is 41.4 Å². The van der Waals surface area contributed by atoms with Gasteiger partial charge in [0.15, 0.2) is 0 Å². The maximum absolute atomic E-state index is 4.41. The van der Waals surface area contributed by atoms with Crippen molar-refractivity contribution in [3.63, 3.8) is 0 Å². The second-order valence-electron chi connectivity index (χ2n) is 2.92. The van der Waals surface area contributed by atoms with Crippen LogP contribution in [0.1, 0.15) is 11.3 Å². The van der Waals surface area contributed by atoms with Gasteiger partial charge in [0.25, 0.3) is 0 Å². The third kappa shape index (κ3) is 1.05. The summed E-state index contributed by atoms with van der Waals surface area (Å²) in [5.41, 5.74) is 3.25. The number of H-pyrrole nitrogens is 1. The van der Waals surface area contributed by atoms with Crippen molar-refractivity contribution in [2.24, 2.45) is 0 Å². The van der Waals surface area contributed by atoms with Crippen LogP contribution in [0.2, 0.25) is 0 Å². The molecule has 2 aromatic rings. The van der Waals surface area contributed by atoms with Crippen LogP contribution in [0.5, 0.6) is 0 Å². The molecule has 12 heavy (non-hydrogen) atoms. The van der Waals surface area contributed by atoms with Crippen molar-refractivity contribution in [1.29, 1.82) is 0 Å². The van der Waals surface area contributed by atoms with Crippen LogP contribution in [0.3, 0.4) is 0 Å². The van der Waals surface area contributed by atoms with Crippen LogP contribution in [0.25, 0.3) is 11.0 Å². The molecule has 2 nitrogen and oxygen atoms in total. The summed E-state index contributed by atoms with van der Waals surface area (Å²) < 4.78 is 1.08. The van der Waals surface area contributed by atoms with Gasteiger partial charge in [-0.3, -0.25) is 0 Å². The highest BCUT2D eigenvalue weighted by atomic mass is 79.9. The Balaban J connectivity index is 2.87. The summed E-state index contributed by atoms with van der Waals surface area (Å²) in [4.78, 5) is 7.51. The fraction of sp³-hybridized carbons (Fsp3) is 0.222. The molecule has 3 heteroatoms. The quantitative estimate of drug-likeness (QED) is 0.733. The van der Waals surface area contributed by atoms with Gasteiger partial charge in [0.2, 0.25) is 0 Å². The van der Waals surface area contributed by atoms with Crippen molar-refractivity contribution in [2.45, 2.75) is 13.8 Å². The van der Waals surface area contributed by atoms with Crippen LogP contribution in [0.4, 0.5) is 0 Å². The first kappa shape index (κ1) is 7.80. The largest absolute Gasteiger partial charge is 0.345 e. The van der Waals surface area contributed by atoms with E-state index in [9.17, 15) is 0 Å². The topological polar surface area (TPSA) is 28.7 Å². The number of aryl methyl sites for hydroxylation is 2. The molecule has 0 saturated heterocycles. The lowest BCUT2D eigenvalue weighted by atomic mass is 10.2. The van der Waals surface area contributed by atoms with Crippen molar-refractivity contribution < 1.29 is 0 Å². The first-order chi connectivity index (χ1) is 5.68. The highest BCUT2D eigenvalue weighted by molar-refractivity contribution is 9.10. The normalized spacial score (nSPS) is 10.9. The number of rotatable bonds is 0. The van der Waals surface area contributed by atoms with Gasteiger partial charge in [-0.15, -0.1) is 0 Å². The highest BCUT2D eigenvalue weighted by Crippen LogP contribution is 2.23. The Morgan fingerprint density at radius 2 is 2.17 bits per heavy atom. The number of nitrogens with zero attached hydrogens (tertiary/aromatic N) is 1. The molecule has 0 radical (unpaired) electrons. The zero-order valence-corrected chi connectivity index (χ0v) is 8.57. The molecule has 62 valence electrons. The standard InChI is InChI=1S/C9H9BrN2/c1-5-3-7-8(10)4-11-9(7)12-6(5)2/h3-4H,1-2H3,(H,11,12). The Labute approximate surface area is 79.1 Å². The first-order valence-electron chi connectivity index (χ1n) is 3.79. The Morgan fingerprint density at radius 3 is 2.92 bits per heavy atom. The summed E-state index contributed by atoms with van der Waals surface area (Å²) >= 11 is 3.45. The number of fused-ring (bicyclic) bond motifs is 1. The van der Waals surface area contributed by atoms with Crippen molar-refractivity contribution in [3.05, 3.63) is 28.0 Å². The van der Waals surface area contributed by atoms with E-state index in [-0.39, 0.29) is 0 Å². The molecule has 0 aliphatic heterocycles. The zero-order valence-electron chi connectivity index (χ0n) is 6.98. The predicted molar refractivity (Wildman–Crippen MR) is 53.3 cm³/mol. The van der Waals surface area contributed by atoms with Crippen LogP contribution in [-0.2, 0) is 0 Å². The van der Waals surface area contributed by atoms with Crippen molar-refractivity contribution in [3.8, 4) is 0 Å². The molecule has 1 N–H and O–H groups in total. The smallest absolute Gasteiger partial charge is 0.138 e. The number of aromatic amines is 1. The highest BCUT2D eigenvalue weighted by Gasteiger charge is 2.03. The Hall–Kier alpha value is -0.830. The van der Waals surface area contributed by atoms with E-state index in [1.807, 2.05) is 13.1 Å². The maximum Gasteiger partial charge on any atom is 0.138 e. The van der Waals surface area contributed by atoms with Crippen LogP contribution in [-0.4, -0.2) is 9.97 Å². The van der Waals surface area contributed by atoms with Gasteiger partial charge < -0.3 is 4.98 Å². The van der Waals surface area contributed by atoms with E-state index in [1.165, 1.54) is 5.56 Å². The Kier molecular flexibility index (Phi) is 1.68. The monoisotopic (exact) mass is 224 g/mol. The molecule has 0 saturated carbocycles. The average molecular weight is 225 g/mol. The van der Waals surface area contributed by atoms with E-state index in [0.29, 0.717) is 0 Å². The van der Waals surface area contributed by atoms with Crippen LogP contribution in [0, 0.1) is 13.8 Å². The molecule has 0 bridgehead atoms. The Morgan fingerprint density at radius 1 is 1.42 bits per heavy atom. The fourth-order valence-corrected chi connectivity index (χ4v) is 1.62. The van der Waals surface area contributed by atoms with E-state index in [2.05, 4.69) is 38.9 Å². The minimum atomic E-state index is 0.949. The van der Waals surface area contributed by atoms with Crippen molar-refractivity contribution >= 4 is 27.0 Å². The molecule has 0 amide bonds. The molecule has 0 fully saturated rings. The number of halogens is 1. The number of hydrogen-bond donors (Lipinski definition) is 1. The van der Waals surface area contributed by atoms with E-state index < -0.39 is 0 Å². The lowest BCUT2D eigenvalue weighted by Crippen LogP contribution is -1.86. The average Bonchev–Trinajstić information content (AvgIpc) is 2.35. The number of nitrogens with one attached hydrogen (secondary N) is 1. The summed E-state index contributed by atoms with van der Waals surface area (Å²) in [6, 6.07) is 2.14.